The van der Waals surface area contributed by atoms with Crippen LogP contribution in [0.1, 0.15) is 81.9 Å². The van der Waals surface area contributed by atoms with E-state index in [4.69, 9.17) is 49.9 Å². The van der Waals surface area contributed by atoms with Gasteiger partial charge in [-0.25, -0.2) is 9.36 Å². The van der Waals surface area contributed by atoms with Crippen molar-refractivity contribution in [2.45, 2.75) is 100 Å². The second kappa shape index (κ2) is 29.5. The molecular weight excluding hydrogens is 1070 g/mol. The molecule has 79 heavy (non-hydrogen) atoms. The summed E-state index contributed by atoms with van der Waals surface area (Å²) in [6, 6.07) is 3.86. The number of benzene rings is 1. The Kier molecular flexibility index (Phi) is 23.2. The molecule has 1 fully saturated rings. The fraction of sp³-hybridized carbons (Fsp3) is 0.556. The van der Waals surface area contributed by atoms with E-state index in [1.165, 1.54) is 12.1 Å². The molecule has 0 saturated carbocycles. The number of pyridine rings is 1. The summed E-state index contributed by atoms with van der Waals surface area (Å²) in [5, 5.41) is 9.22. The standard InChI is InChI=1S/C54H72ClN7O16S/c1-37-33-39(79(69,70)71)35-40-50(37)61-22-32-77-24-14-45(63)56-19-29-74-23-13-42(52(68)57-20-30-75-26-16-49(67)78-62-47(65)11-12-48(62)66)58-46(64)15-25-76-31-21-60-36-38(55)34-41-51(60)59-43(53(41,2)17-27-72-4)9-7-6-8-10-44(61)54(40,3)18-28-73-5/h6-10,33-36,42H,11-32H2,1-5H3,(H3-,56,57,58,63,64,68,69,70,71)/p+1. The molecule has 1 saturated heterocycles. The number of aromatic nitrogens is 1. The molecule has 1 aromatic heterocycles. The van der Waals surface area contributed by atoms with Gasteiger partial charge in [-0.3, -0.25) is 28.5 Å². The quantitative estimate of drug-likeness (QED) is 0.0861. The van der Waals surface area contributed by atoms with E-state index in [1.54, 1.807) is 27.3 Å². The first-order valence-electron chi connectivity index (χ1n) is 26.3. The molecule has 5 amide bonds. The number of methoxy groups -OCH3 is 2. The maximum absolute atomic E-state index is 13.4. The fourth-order valence-corrected chi connectivity index (χ4v) is 10.4. The third kappa shape index (κ3) is 16.8. The summed E-state index contributed by atoms with van der Waals surface area (Å²) in [6.07, 6.45) is 12.2. The Hall–Kier alpha value is -5.96. The molecule has 3 unspecified atom stereocenters. The minimum Gasteiger partial charge on any atom is -0.385 e. The topological polar surface area (TPSA) is 280 Å². The molecule has 1 aromatic carbocycles. The highest BCUT2D eigenvalue weighted by atomic mass is 35.5. The molecular formula is C54H73ClN7O16S+. The summed E-state index contributed by atoms with van der Waals surface area (Å²) in [4.78, 5) is 86.9. The number of aryl methyl sites for hydroxylation is 1. The van der Waals surface area contributed by atoms with Crippen LogP contribution in [0.5, 0.6) is 0 Å². The van der Waals surface area contributed by atoms with Crippen molar-refractivity contribution in [2.24, 2.45) is 4.99 Å². The lowest BCUT2D eigenvalue weighted by atomic mass is 9.77. The van der Waals surface area contributed by atoms with Gasteiger partial charge in [0.2, 0.25) is 17.7 Å². The van der Waals surface area contributed by atoms with Gasteiger partial charge >= 0.3 is 11.8 Å². The van der Waals surface area contributed by atoms with Crippen molar-refractivity contribution in [2.75, 3.05) is 105 Å². The van der Waals surface area contributed by atoms with Crippen molar-refractivity contribution in [3.63, 3.8) is 0 Å². The van der Waals surface area contributed by atoms with Gasteiger partial charge in [-0.1, -0.05) is 29.8 Å². The second-order valence-corrected chi connectivity index (χ2v) is 21.4. The van der Waals surface area contributed by atoms with Crippen molar-refractivity contribution >= 4 is 74.4 Å². The number of carbonyl (C=O) groups is 6. The van der Waals surface area contributed by atoms with Gasteiger partial charge in [0.15, 0.2) is 5.71 Å². The lowest BCUT2D eigenvalue weighted by molar-refractivity contribution is -0.685. The van der Waals surface area contributed by atoms with Crippen molar-refractivity contribution in [3.05, 3.63) is 82.2 Å². The van der Waals surface area contributed by atoms with E-state index in [2.05, 4.69) is 27.8 Å². The number of nitrogens with one attached hydrogen (secondary N) is 3. The molecule has 23 nitrogen and oxygen atoms in total. The number of carbonyl (C=O) groups excluding carboxylic acids is 6. The van der Waals surface area contributed by atoms with Crippen molar-refractivity contribution in [1.82, 2.24) is 21.0 Å². The van der Waals surface area contributed by atoms with Crippen LogP contribution in [0, 0.1) is 6.92 Å². The van der Waals surface area contributed by atoms with Crippen LogP contribution in [0.15, 0.2) is 70.4 Å². The van der Waals surface area contributed by atoms with Crippen molar-refractivity contribution in [1.29, 1.82) is 0 Å². The van der Waals surface area contributed by atoms with Crippen LogP contribution < -0.4 is 25.4 Å². The number of amides is 5. The largest absolute Gasteiger partial charge is 0.385 e. The number of anilines is 1. The van der Waals surface area contributed by atoms with Gasteiger partial charge in [0.25, 0.3) is 21.9 Å². The molecule has 0 radical (unpaired) electrons. The van der Waals surface area contributed by atoms with Crippen LogP contribution >= 0.6 is 11.6 Å². The normalized spacial score (nSPS) is 23.4. The summed E-state index contributed by atoms with van der Waals surface area (Å²) in [5.41, 5.74) is 3.27. The lowest BCUT2D eigenvalue weighted by Gasteiger charge is -2.30. The Bertz CT molecular complexity index is 2770. The molecule has 25 heteroatoms. The van der Waals surface area contributed by atoms with E-state index in [0.29, 0.717) is 66.2 Å². The number of rotatable bonds is 15. The maximum atomic E-state index is 13.4. The molecule has 0 aliphatic carbocycles. The Morgan fingerprint density at radius 1 is 0.861 bits per heavy atom. The Morgan fingerprint density at radius 2 is 1.56 bits per heavy atom. The van der Waals surface area contributed by atoms with Gasteiger partial charge in [0.05, 0.1) is 73.6 Å². The molecule has 2 aromatic rings. The summed E-state index contributed by atoms with van der Waals surface area (Å²) >= 11 is 6.75. The molecule has 4 N–H and O–H groups in total. The third-order valence-electron chi connectivity index (χ3n) is 13.9. The van der Waals surface area contributed by atoms with Gasteiger partial charge in [0.1, 0.15) is 18.8 Å². The number of imide groups is 1. The van der Waals surface area contributed by atoms with Crippen LogP contribution in [-0.2, 0) is 89.5 Å². The molecule has 4 aliphatic heterocycles. The first kappa shape index (κ1) is 62.2. The highest BCUT2D eigenvalue weighted by Gasteiger charge is 2.47. The number of fused-ring (bicyclic) bond motifs is 3. The van der Waals surface area contributed by atoms with Gasteiger partial charge in [-0.2, -0.15) is 8.42 Å². The summed E-state index contributed by atoms with van der Waals surface area (Å²) in [5.74, 6) is -2.55. The highest BCUT2D eigenvalue weighted by Crippen LogP contribution is 2.52. The van der Waals surface area contributed by atoms with Crippen molar-refractivity contribution < 1.29 is 79.6 Å². The summed E-state index contributed by atoms with van der Waals surface area (Å²) < 4.78 is 71.4. The van der Waals surface area contributed by atoms with Crippen LogP contribution in [0.25, 0.3) is 0 Å². The number of allylic oxidation sites excluding steroid dienone is 6. The number of hydrogen-bond acceptors (Lipinski definition) is 17. The minimum absolute atomic E-state index is 0.000322. The van der Waals surface area contributed by atoms with E-state index < -0.39 is 56.6 Å². The lowest BCUT2D eigenvalue weighted by Crippen LogP contribution is -2.48. The molecule has 432 valence electrons. The average molecular weight is 1140 g/mol. The predicted octanol–water partition coefficient (Wildman–Crippen LogP) is 3.34. The summed E-state index contributed by atoms with van der Waals surface area (Å²) in [6.45, 7) is 8.15. The Balaban J connectivity index is 1.17. The SMILES string of the molecule is COCCC1(C)C2=Nc3c1cc(Cl)c[n+]3CCOCCC(=O)NC(C(=O)NCCOCCC(=O)ON1C(=O)CCC1=O)CCOCCNC(=O)CCOCCN1/C(=C/C=C/C=C2)C(C)(CCOC)c2cc(S(=O)(=O)O)cc(C)c21. The smallest absolute Gasteiger partial charge is 0.335 e. The monoisotopic (exact) mass is 1140 g/mol. The third-order valence-corrected chi connectivity index (χ3v) is 15.0. The highest BCUT2D eigenvalue weighted by molar-refractivity contribution is 7.85. The summed E-state index contributed by atoms with van der Waals surface area (Å²) in [7, 11) is -1.31. The first-order chi connectivity index (χ1) is 37.8. The van der Waals surface area contributed by atoms with Crippen LogP contribution in [0.3, 0.4) is 0 Å². The second-order valence-electron chi connectivity index (χ2n) is 19.6. The van der Waals surface area contributed by atoms with Crippen LogP contribution in [0.4, 0.5) is 11.5 Å². The number of nitrogens with zero attached hydrogens (tertiary/aromatic N) is 4. The van der Waals surface area contributed by atoms with Gasteiger partial charge < -0.3 is 54.1 Å². The fourth-order valence-electron chi connectivity index (χ4n) is 9.61. The van der Waals surface area contributed by atoms with Crippen LogP contribution in [-0.4, -0.2) is 165 Å². The molecule has 5 heterocycles. The number of hydrogen-bond donors (Lipinski definition) is 4. The number of aliphatic imine (C=N–C) groups is 1. The molecule has 4 aliphatic rings. The minimum atomic E-state index is -4.54. The average Bonchev–Trinajstić information content (AvgIpc) is 4.12. The molecule has 6 rings (SSSR count). The van der Waals surface area contributed by atoms with E-state index in [-0.39, 0.29) is 115 Å². The molecule has 3 atom stereocenters. The zero-order valence-corrected chi connectivity index (χ0v) is 47.0. The first-order valence-corrected chi connectivity index (χ1v) is 28.1. The van der Waals surface area contributed by atoms with Crippen LogP contribution in [0.2, 0.25) is 5.02 Å². The zero-order valence-electron chi connectivity index (χ0n) is 45.5. The Labute approximate surface area is 465 Å². The predicted molar refractivity (Wildman–Crippen MR) is 288 cm³/mol. The number of halogens is 1. The van der Waals surface area contributed by atoms with Gasteiger partial charge in [0, 0.05) is 96.2 Å². The van der Waals surface area contributed by atoms with Crippen molar-refractivity contribution in [3.8, 4) is 0 Å². The van der Waals surface area contributed by atoms with E-state index in [0.717, 1.165) is 22.7 Å². The number of ether oxygens (including phenoxy) is 6. The molecule has 0 spiro atoms. The van der Waals surface area contributed by atoms with E-state index in [1.807, 2.05) is 47.9 Å². The molecule has 2 bridgehead atoms. The van der Waals surface area contributed by atoms with Gasteiger partial charge in [-0.15, -0.1) is 5.06 Å². The Morgan fingerprint density at radius 3 is 2.28 bits per heavy atom. The maximum Gasteiger partial charge on any atom is 0.335 e. The van der Waals surface area contributed by atoms with E-state index >= 15 is 0 Å². The number of hydroxylamine groups is 2. The zero-order chi connectivity index (χ0) is 57.2. The van der Waals surface area contributed by atoms with Gasteiger partial charge in [-0.05, 0) is 86.5 Å². The van der Waals surface area contributed by atoms with E-state index in [9.17, 15) is 41.7 Å².